The lowest BCUT2D eigenvalue weighted by Gasteiger charge is -2.31. The number of piperidine rings is 1. The van der Waals surface area contributed by atoms with Crippen molar-refractivity contribution in [2.75, 3.05) is 25.0 Å². The van der Waals surface area contributed by atoms with Crippen LogP contribution >= 0.6 is 0 Å². The number of aromatic nitrogens is 4. The average Bonchev–Trinajstić information content (AvgIpc) is 3.14. The number of anilines is 1. The average molecular weight is 396 g/mol. The smallest absolute Gasteiger partial charge is 0.228 e. The quantitative estimate of drug-likeness (QED) is 0.717. The Labute approximate surface area is 168 Å². The normalized spacial score (nSPS) is 16.8. The van der Waals surface area contributed by atoms with Crippen LogP contribution in [0.4, 0.5) is 10.2 Å². The molecule has 0 bridgehead atoms. The van der Waals surface area contributed by atoms with Crippen molar-refractivity contribution in [2.45, 2.75) is 25.9 Å². The molecule has 0 unspecified atom stereocenters. The maximum Gasteiger partial charge on any atom is 0.228 e. The summed E-state index contributed by atoms with van der Waals surface area (Å²) < 4.78 is 14.9. The van der Waals surface area contributed by atoms with E-state index >= 15 is 0 Å². The maximum atomic E-state index is 13.2. The van der Waals surface area contributed by atoms with Gasteiger partial charge in [0.1, 0.15) is 12.0 Å². The van der Waals surface area contributed by atoms with Crippen molar-refractivity contribution < 1.29 is 9.18 Å². The van der Waals surface area contributed by atoms with Crippen LogP contribution in [0.2, 0.25) is 0 Å². The molecule has 3 aromatic heterocycles. The van der Waals surface area contributed by atoms with Crippen LogP contribution in [0.5, 0.6) is 0 Å². The molecule has 7 nitrogen and oxygen atoms in total. The van der Waals surface area contributed by atoms with E-state index in [9.17, 15) is 9.18 Å². The van der Waals surface area contributed by atoms with Crippen LogP contribution in [0.1, 0.15) is 19.8 Å². The number of carbonyl (C=O) groups excluding carboxylic acids is 1. The number of aryl methyl sites for hydroxylation is 1. The highest BCUT2D eigenvalue weighted by Gasteiger charge is 2.25. The highest BCUT2D eigenvalue weighted by molar-refractivity contribution is 5.94. The van der Waals surface area contributed by atoms with E-state index in [4.69, 9.17) is 0 Å². The fraction of sp³-hybridized carbons (Fsp3) is 0.429. The van der Waals surface area contributed by atoms with Crippen molar-refractivity contribution in [3.05, 3.63) is 36.9 Å². The Hall–Kier alpha value is -2.87. The molecule has 1 aliphatic heterocycles. The van der Waals surface area contributed by atoms with Crippen molar-refractivity contribution >= 4 is 22.5 Å². The number of fused-ring (bicyclic) bond motifs is 1. The summed E-state index contributed by atoms with van der Waals surface area (Å²) in [4.78, 5) is 23.6. The van der Waals surface area contributed by atoms with Crippen LogP contribution in [0.25, 0.3) is 22.0 Å². The summed E-state index contributed by atoms with van der Waals surface area (Å²) in [7, 11) is 1.87. The van der Waals surface area contributed by atoms with Gasteiger partial charge in [-0.2, -0.15) is 5.10 Å². The second-order valence-electron chi connectivity index (χ2n) is 7.73. The van der Waals surface area contributed by atoms with Crippen molar-refractivity contribution in [3.8, 4) is 11.3 Å². The lowest BCUT2D eigenvalue weighted by molar-refractivity contribution is -0.121. The van der Waals surface area contributed by atoms with Gasteiger partial charge in [0.05, 0.1) is 11.9 Å². The molecular formula is C21H25FN6O. The second-order valence-corrected chi connectivity index (χ2v) is 7.73. The molecule has 0 saturated carbocycles. The summed E-state index contributed by atoms with van der Waals surface area (Å²) in [5, 5.41) is 8.99. The molecule has 1 saturated heterocycles. The molecule has 4 heterocycles. The molecule has 8 heteroatoms. The molecule has 0 aromatic carbocycles. The Bertz CT molecular complexity index is 1010. The fourth-order valence-corrected chi connectivity index (χ4v) is 3.78. The Kier molecular flexibility index (Phi) is 5.53. The lowest BCUT2D eigenvalue weighted by Crippen LogP contribution is -2.40. The summed E-state index contributed by atoms with van der Waals surface area (Å²) in [6.07, 6.45) is 7.81. The summed E-state index contributed by atoms with van der Waals surface area (Å²) in [6, 6.07) is 3.84. The molecule has 4 rings (SSSR count). The van der Waals surface area contributed by atoms with Crippen molar-refractivity contribution in [3.63, 3.8) is 0 Å². The third kappa shape index (κ3) is 4.59. The first kappa shape index (κ1) is 19.4. The Balaban J connectivity index is 1.44. The third-order valence-electron chi connectivity index (χ3n) is 5.32. The van der Waals surface area contributed by atoms with Crippen molar-refractivity contribution in [2.24, 2.45) is 13.0 Å². The molecule has 152 valence electrons. The number of rotatable bonds is 5. The maximum absolute atomic E-state index is 13.2. The number of hydrogen-bond acceptors (Lipinski definition) is 5. The number of hydrogen-bond donors (Lipinski definition) is 1. The molecule has 0 aliphatic carbocycles. The molecule has 29 heavy (non-hydrogen) atoms. The largest absolute Gasteiger partial charge is 0.310 e. The van der Waals surface area contributed by atoms with Crippen LogP contribution in [0.15, 0.2) is 36.9 Å². The van der Waals surface area contributed by atoms with Crippen molar-refractivity contribution in [1.29, 1.82) is 0 Å². The summed E-state index contributed by atoms with van der Waals surface area (Å²) in [6.45, 7) is 3.50. The van der Waals surface area contributed by atoms with Gasteiger partial charge in [0.25, 0.3) is 0 Å². The number of likely N-dealkylation sites (tertiary alicyclic amines) is 1. The molecule has 0 radical (unpaired) electrons. The molecular weight excluding hydrogens is 371 g/mol. The second kappa shape index (κ2) is 8.24. The molecule has 0 spiro atoms. The number of pyridine rings is 2. The molecule has 1 aliphatic rings. The van der Waals surface area contributed by atoms with E-state index in [1.807, 2.05) is 25.4 Å². The highest BCUT2D eigenvalue weighted by atomic mass is 19.1. The van der Waals surface area contributed by atoms with Gasteiger partial charge >= 0.3 is 0 Å². The van der Waals surface area contributed by atoms with Gasteiger partial charge in [0.2, 0.25) is 5.91 Å². The van der Waals surface area contributed by atoms with Gasteiger partial charge in [-0.15, -0.1) is 0 Å². The van der Waals surface area contributed by atoms with E-state index < -0.39 is 6.17 Å². The first-order valence-electron chi connectivity index (χ1n) is 9.90. The number of carbonyl (C=O) groups is 1. The van der Waals surface area contributed by atoms with Crippen molar-refractivity contribution in [1.82, 2.24) is 24.6 Å². The van der Waals surface area contributed by atoms with E-state index in [0.717, 1.165) is 48.0 Å². The van der Waals surface area contributed by atoms with E-state index in [2.05, 4.69) is 25.3 Å². The summed E-state index contributed by atoms with van der Waals surface area (Å²) in [5.74, 6) is 0.444. The van der Waals surface area contributed by atoms with Gasteiger partial charge in [-0.25, -0.2) is 9.37 Å². The number of halogens is 1. The predicted octanol–water partition coefficient (Wildman–Crippen LogP) is 3.04. The predicted molar refractivity (Wildman–Crippen MR) is 110 cm³/mol. The highest BCUT2D eigenvalue weighted by Crippen LogP contribution is 2.24. The molecule has 1 amide bonds. The van der Waals surface area contributed by atoms with E-state index in [1.165, 1.54) is 0 Å². The minimum Gasteiger partial charge on any atom is -0.310 e. The third-order valence-corrected chi connectivity index (χ3v) is 5.32. The van der Waals surface area contributed by atoms with Gasteiger partial charge in [-0.05, 0) is 50.4 Å². The van der Waals surface area contributed by atoms with Crippen LogP contribution in [0.3, 0.4) is 0 Å². The van der Waals surface area contributed by atoms with Gasteiger partial charge in [-0.3, -0.25) is 14.5 Å². The minimum absolute atomic E-state index is 0.0219. The van der Waals surface area contributed by atoms with Gasteiger partial charge in [0, 0.05) is 49.1 Å². The zero-order valence-electron chi connectivity index (χ0n) is 16.7. The monoisotopic (exact) mass is 396 g/mol. The fourth-order valence-electron chi connectivity index (χ4n) is 3.78. The molecule has 1 N–H and O–H groups in total. The van der Waals surface area contributed by atoms with E-state index in [-0.39, 0.29) is 11.8 Å². The zero-order valence-corrected chi connectivity index (χ0v) is 16.7. The Morgan fingerprint density at radius 3 is 2.66 bits per heavy atom. The van der Waals surface area contributed by atoms with Crippen LogP contribution < -0.4 is 5.32 Å². The molecule has 1 fully saturated rings. The Morgan fingerprint density at radius 1 is 1.21 bits per heavy atom. The number of nitrogens with one attached hydrogen (secondary N) is 1. The van der Waals surface area contributed by atoms with Gasteiger partial charge in [-0.1, -0.05) is 0 Å². The lowest BCUT2D eigenvalue weighted by atomic mass is 9.95. The van der Waals surface area contributed by atoms with Gasteiger partial charge in [0.15, 0.2) is 0 Å². The first-order chi connectivity index (χ1) is 14.0. The van der Waals surface area contributed by atoms with Crippen LogP contribution in [-0.4, -0.2) is 56.4 Å². The zero-order chi connectivity index (χ0) is 20.4. The van der Waals surface area contributed by atoms with Crippen LogP contribution in [-0.2, 0) is 11.8 Å². The number of amides is 1. The first-order valence-corrected chi connectivity index (χ1v) is 9.90. The minimum atomic E-state index is -0.840. The topological polar surface area (TPSA) is 75.9 Å². The Morgan fingerprint density at radius 2 is 1.97 bits per heavy atom. The summed E-state index contributed by atoms with van der Waals surface area (Å²) >= 11 is 0. The van der Waals surface area contributed by atoms with E-state index in [0.29, 0.717) is 12.4 Å². The SMILES string of the molecule is C[C@H](F)CN1CCC(C(=O)Nc2cc3cc(-c4cnn(C)c4)ncc3cn2)CC1. The molecule has 1 atom stereocenters. The summed E-state index contributed by atoms with van der Waals surface area (Å²) in [5.41, 5.74) is 1.76. The molecule has 3 aromatic rings. The standard InChI is InChI=1S/C21H25FN6O/c1-14(22)12-28-5-3-15(4-6-28)21(29)26-20-8-16-7-19(18-11-25-27(2)13-18)23-9-17(16)10-24-20/h7-11,13-15H,3-6,12H2,1-2H3,(H,24,26,29)/t14-/m0/s1. The van der Waals surface area contributed by atoms with E-state index in [1.54, 1.807) is 30.2 Å². The number of nitrogens with zero attached hydrogens (tertiary/aromatic N) is 5. The number of alkyl halides is 1. The van der Waals surface area contributed by atoms with Crippen LogP contribution in [0, 0.1) is 5.92 Å². The van der Waals surface area contributed by atoms with Gasteiger partial charge < -0.3 is 10.2 Å².